The van der Waals surface area contributed by atoms with Gasteiger partial charge in [0.25, 0.3) is 0 Å². The van der Waals surface area contributed by atoms with Gasteiger partial charge in [0, 0.05) is 13.2 Å². The van der Waals surface area contributed by atoms with Crippen LogP contribution in [0.25, 0.3) is 0 Å². The summed E-state index contributed by atoms with van der Waals surface area (Å²) >= 11 is 0. The van der Waals surface area contributed by atoms with E-state index in [0.29, 0.717) is 17.9 Å². The molecule has 0 bridgehead atoms. The summed E-state index contributed by atoms with van der Waals surface area (Å²) in [5, 5.41) is 9.07. The molecule has 1 fully saturated rings. The maximum Gasteiger partial charge on any atom is 0.241 e. The van der Waals surface area contributed by atoms with Crippen LogP contribution in [-0.2, 0) is 10.0 Å². The highest BCUT2D eigenvalue weighted by molar-refractivity contribution is 7.89. The first-order valence-electron chi connectivity index (χ1n) is 7.40. The fraction of sp³-hybridized carbons (Fsp3) is 0.625. The van der Waals surface area contributed by atoms with Gasteiger partial charge in [0.05, 0.1) is 4.90 Å². The molecule has 0 heterocycles. The zero-order chi connectivity index (χ0) is 15.8. The van der Waals surface area contributed by atoms with Crippen LogP contribution in [0.2, 0.25) is 0 Å². The van der Waals surface area contributed by atoms with Gasteiger partial charge in [-0.05, 0) is 74.6 Å². The number of sulfonamides is 1. The zero-order valence-electron chi connectivity index (χ0n) is 13.3. The van der Waals surface area contributed by atoms with Gasteiger partial charge in [0.1, 0.15) is 0 Å². The Morgan fingerprint density at radius 3 is 2.10 bits per heavy atom. The van der Waals surface area contributed by atoms with Gasteiger partial charge >= 0.3 is 0 Å². The molecule has 1 aromatic carbocycles. The summed E-state index contributed by atoms with van der Waals surface area (Å²) in [4.78, 5) is 0.416. The van der Waals surface area contributed by atoms with Crippen molar-refractivity contribution in [1.29, 1.82) is 0 Å². The number of aryl methyl sites for hydroxylation is 2. The van der Waals surface area contributed by atoms with E-state index in [0.717, 1.165) is 35.1 Å². The smallest absolute Gasteiger partial charge is 0.241 e. The molecular weight excluding hydrogens is 286 g/mol. The Kier molecular flexibility index (Phi) is 4.47. The second kappa shape index (κ2) is 5.71. The van der Waals surface area contributed by atoms with Crippen LogP contribution < -0.4 is 4.72 Å². The van der Waals surface area contributed by atoms with E-state index in [1.54, 1.807) is 0 Å². The first-order chi connectivity index (χ1) is 9.72. The summed E-state index contributed by atoms with van der Waals surface area (Å²) in [5.74, 6) is 0. The van der Waals surface area contributed by atoms with Crippen molar-refractivity contribution in [1.82, 2.24) is 4.72 Å². The van der Waals surface area contributed by atoms with Crippen molar-refractivity contribution < 1.29 is 13.5 Å². The predicted octanol–water partition coefficient (Wildman–Crippen LogP) is 2.36. The first kappa shape index (κ1) is 16.5. The molecule has 21 heavy (non-hydrogen) atoms. The molecule has 2 rings (SSSR count). The molecule has 5 heteroatoms. The molecule has 4 nitrogen and oxygen atoms in total. The third-order valence-corrected chi connectivity index (χ3v) is 6.48. The quantitative estimate of drug-likeness (QED) is 0.847. The highest BCUT2D eigenvalue weighted by atomic mass is 32.2. The molecule has 0 unspecified atom stereocenters. The first-order valence-corrected chi connectivity index (χ1v) is 8.89. The maximum atomic E-state index is 12.7. The number of hydrogen-bond donors (Lipinski definition) is 2. The molecule has 1 saturated carbocycles. The van der Waals surface area contributed by atoms with E-state index in [1.807, 2.05) is 33.8 Å². The second-order valence-electron chi connectivity index (χ2n) is 6.39. The minimum Gasteiger partial charge on any atom is -0.396 e. The molecule has 1 aliphatic rings. The average molecular weight is 311 g/mol. The highest BCUT2D eigenvalue weighted by Crippen LogP contribution is 2.48. The van der Waals surface area contributed by atoms with Crippen molar-refractivity contribution in [2.24, 2.45) is 5.41 Å². The van der Waals surface area contributed by atoms with E-state index < -0.39 is 10.0 Å². The Hall–Kier alpha value is -0.910. The lowest BCUT2D eigenvalue weighted by Gasteiger charge is -2.19. The van der Waals surface area contributed by atoms with Crippen molar-refractivity contribution in [3.8, 4) is 0 Å². The van der Waals surface area contributed by atoms with Crippen LogP contribution in [0.1, 0.15) is 41.5 Å². The predicted molar refractivity (Wildman–Crippen MR) is 83.9 cm³/mol. The SMILES string of the molecule is Cc1cc(C)c(C)c(S(=O)(=O)NCC2(CCO)CC2)c1C. The Bertz CT molecular complexity index is 620. The highest BCUT2D eigenvalue weighted by Gasteiger charge is 2.42. The Morgan fingerprint density at radius 1 is 1.14 bits per heavy atom. The summed E-state index contributed by atoms with van der Waals surface area (Å²) in [6.07, 6.45) is 2.64. The van der Waals surface area contributed by atoms with E-state index in [2.05, 4.69) is 4.72 Å². The molecule has 2 N–H and O–H groups in total. The number of benzene rings is 1. The average Bonchev–Trinajstić information content (AvgIpc) is 3.15. The molecule has 0 radical (unpaired) electrons. The summed E-state index contributed by atoms with van der Waals surface area (Å²) < 4.78 is 28.1. The standard InChI is InChI=1S/C16H25NO3S/c1-11-9-12(2)14(4)15(13(11)3)21(19,20)17-10-16(5-6-16)7-8-18/h9,17-18H,5-8,10H2,1-4H3. The van der Waals surface area contributed by atoms with Crippen LogP contribution in [0.15, 0.2) is 11.0 Å². The van der Waals surface area contributed by atoms with Crippen LogP contribution in [-0.4, -0.2) is 26.7 Å². The minimum atomic E-state index is -3.51. The molecule has 0 aliphatic heterocycles. The largest absolute Gasteiger partial charge is 0.396 e. The Morgan fingerprint density at radius 2 is 1.67 bits per heavy atom. The molecule has 1 aromatic rings. The van der Waals surface area contributed by atoms with Gasteiger partial charge in [-0.2, -0.15) is 0 Å². The molecule has 0 spiro atoms. The molecule has 1 aliphatic carbocycles. The Labute approximate surface area is 127 Å². The van der Waals surface area contributed by atoms with E-state index in [-0.39, 0.29) is 12.0 Å². The maximum absolute atomic E-state index is 12.7. The number of aliphatic hydroxyl groups is 1. The molecule has 0 atom stereocenters. The van der Waals surface area contributed by atoms with E-state index in [4.69, 9.17) is 5.11 Å². The molecule has 0 saturated heterocycles. The van der Waals surface area contributed by atoms with Gasteiger partial charge in [0.15, 0.2) is 0 Å². The van der Waals surface area contributed by atoms with Crippen molar-refractivity contribution >= 4 is 10.0 Å². The van der Waals surface area contributed by atoms with Gasteiger partial charge in [0.2, 0.25) is 10.0 Å². The van der Waals surface area contributed by atoms with Crippen molar-refractivity contribution in [3.05, 3.63) is 28.3 Å². The normalized spacial score (nSPS) is 17.0. The lowest BCUT2D eigenvalue weighted by atomic mass is 10.0. The number of aliphatic hydroxyl groups excluding tert-OH is 1. The van der Waals surface area contributed by atoms with E-state index in [9.17, 15) is 8.42 Å². The summed E-state index contributed by atoms with van der Waals surface area (Å²) in [5.41, 5.74) is 3.60. The monoisotopic (exact) mass is 311 g/mol. The third-order valence-electron chi connectivity index (χ3n) is 4.80. The van der Waals surface area contributed by atoms with Crippen LogP contribution >= 0.6 is 0 Å². The van der Waals surface area contributed by atoms with Gasteiger partial charge in [-0.1, -0.05) is 6.07 Å². The van der Waals surface area contributed by atoms with Gasteiger partial charge in [-0.3, -0.25) is 0 Å². The van der Waals surface area contributed by atoms with Gasteiger partial charge in [-0.25, -0.2) is 13.1 Å². The van der Waals surface area contributed by atoms with Crippen molar-refractivity contribution in [2.75, 3.05) is 13.2 Å². The number of hydrogen-bond acceptors (Lipinski definition) is 3. The molecular formula is C16H25NO3S. The van der Waals surface area contributed by atoms with Gasteiger partial charge in [-0.15, -0.1) is 0 Å². The minimum absolute atomic E-state index is 0.0253. The molecule has 0 aromatic heterocycles. The van der Waals surface area contributed by atoms with E-state index >= 15 is 0 Å². The molecule has 118 valence electrons. The van der Waals surface area contributed by atoms with Gasteiger partial charge < -0.3 is 5.11 Å². The third kappa shape index (κ3) is 3.30. The topological polar surface area (TPSA) is 66.4 Å². The van der Waals surface area contributed by atoms with Crippen LogP contribution in [0.4, 0.5) is 0 Å². The summed E-state index contributed by atoms with van der Waals surface area (Å²) in [6, 6.07) is 2.03. The zero-order valence-corrected chi connectivity index (χ0v) is 14.1. The Balaban J connectivity index is 2.28. The summed E-state index contributed by atoms with van der Waals surface area (Å²) in [7, 11) is -3.51. The fourth-order valence-electron chi connectivity index (χ4n) is 2.83. The number of rotatable bonds is 6. The lowest BCUT2D eigenvalue weighted by Crippen LogP contribution is -2.32. The van der Waals surface area contributed by atoms with Crippen molar-refractivity contribution in [2.45, 2.75) is 51.9 Å². The number of nitrogens with one attached hydrogen (secondary N) is 1. The summed E-state index contributed by atoms with van der Waals surface area (Å²) in [6.45, 7) is 8.13. The fourth-order valence-corrected chi connectivity index (χ4v) is 4.60. The van der Waals surface area contributed by atoms with Crippen LogP contribution in [0.3, 0.4) is 0 Å². The van der Waals surface area contributed by atoms with Crippen LogP contribution in [0.5, 0.6) is 0 Å². The second-order valence-corrected chi connectivity index (χ2v) is 8.09. The van der Waals surface area contributed by atoms with Crippen molar-refractivity contribution in [3.63, 3.8) is 0 Å². The van der Waals surface area contributed by atoms with E-state index in [1.165, 1.54) is 0 Å². The van der Waals surface area contributed by atoms with Crippen LogP contribution in [0, 0.1) is 33.1 Å². The molecule has 0 amide bonds. The lowest BCUT2D eigenvalue weighted by molar-refractivity contribution is 0.249.